The SMILES string of the molecule is N#Cc1c(CCCNc2ccnc3c(F)cccc23)nn(-c2ccc(F)cc2)c1N. The van der Waals surface area contributed by atoms with Crippen molar-refractivity contribution in [3.05, 3.63) is 77.6 Å². The van der Waals surface area contributed by atoms with Gasteiger partial charge in [0.1, 0.15) is 34.6 Å². The zero-order valence-electron chi connectivity index (χ0n) is 15.9. The molecule has 150 valence electrons. The molecule has 0 unspecified atom stereocenters. The van der Waals surface area contributed by atoms with Crippen LogP contribution in [0.5, 0.6) is 0 Å². The summed E-state index contributed by atoms with van der Waals surface area (Å²) in [6.45, 7) is 0.587. The van der Waals surface area contributed by atoms with Crippen LogP contribution in [-0.4, -0.2) is 21.3 Å². The highest BCUT2D eigenvalue weighted by atomic mass is 19.1. The lowest BCUT2D eigenvalue weighted by atomic mass is 10.1. The zero-order chi connectivity index (χ0) is 21.1. The monoisotopic (exact) mass is 404 g/mol. The Morgan fingerprint density at radius 2 is 1.90 bits per heavy atom. The number of rotatable bonds is 6. The van der Waals surface area contributed by atoms with Gasteiger partial charge in [0, 0.05) is 23.8 Å². The first-order valence-electron chi connectivity index (χ1n) is 9.39. The lowest BCUT2D eigenvalue weighted by Crippen LogP contribution is -2.05. The fraction of sp³-hybridized carbons (Fsp3) is 0.136. The number of nitrogens with zero attached hydrogens (tertiary/aromatic N) is 4. The van der Waals surface area contributed by atoms with Crippen molar-refractivity contribution >= 4 is 22.4 Å². The van der Waals surface area contributed by atoms with Gasteiger partial charge < -0.3 is 11.1 Å². The summed E-state index contributed by atoms with van der Waals surface area (Å²) >= 11 is 0. The average Bonchev–Trinajstić information content (AvgIpc) is 3.07. The molecule has 4 aromatic rings. The van der Waals surface area contributed by atoms with Crippen LogP contribution in [0.25, 0.3) is 16.6 Å². The van der Waals surface area contributed by atoms with Crippen LogP contribution in [0.1, 0.15) is 17.7 Å². The van der Waals surface area contributed by atoms with E-state index in [9.17, 15) is 14.0 Å². The number of benzene rings is 2. The summed E-state index contributed by atoms with van der Waals surface area (Å²) < 4.78 is 28.5. The maximum atomic E-state index is 13.9. The molecule has 2 aromatic carbocycles. The van der Waals surface area contributed by atoms with Crippen molar-refractivity contribution in [3.8, 4) is 11.8 Å². The first-order valence-corrected chi connectivity index (χ1v) is 9.39. The van der Waals surface area contributed by atoms with Crippen LogP contribution < -0.4 is 11.1 Å². The molecule has 0 amide bonds. The van der Waals surface area contributed by atoms with Crippen LogP contribution >= 0.6 is 0 Å². The standard InChI is InChI=1S/C22H18F2N6/c23-14-6-8-15(9-7-14)30-22(26)17(13-25)20(29-30)5-2-11-27-19-10-12-28-21-16(19)3-1-4-18(21)24/h1,3-4,6-10,12H,2,5,11,26H2,(H,27,28). The van der Waals surface area contributed by atoms with Crippen molar-refractivity contribution in [2.45, 2.75) is 12.8 Å². The van der Waals surface area contributed by atoms with Crippen molar-refractivity contribution in [2.24, 2.45) is 0 Å². The Morgan fingerprint density at radius 1 is 1.10 bits per heavy atom. The van der Waals surface area contributed by atoms with Crippen LogP contribution in [-0.2, 0) is 6.42 Å². The van der Waals surface area contributed by atoms with E-state index < -0.39 is 0 Å². The summed E-state index contributed by atoms with van der Waals surface area (Å²) in [6, 6.07) is 14.5. The minimum Gasteiger partial charge on any atom is -0.384 e. The smallest absolute Gasteiger partial charge is 0.149 e. The van der Waals surface area contributed by atoms with E-state index >= 15 is 0 Å². The van der Waals surface area contributed by atoms with E-state index in [2.05, 4.69) is 21.5 Å². The number of nitrogens with one attached hydrogen (secondary N) is 1. The third kappa shape index (κ3) is 3.65. The Labute approximate surface area is 171 Å². The van der Waals surface area contributed by atoms with Gasteiger partial charge in [0.05, 0.1) is 11.4 Å². The number of halogens is 2. The van der Waals surface area contributed by atoms with Crippen molar-refractivity contribution in [1.82, 2.24) is 14.8 Å². The van der Waals surface area contributed by atoms with E-state index in [-0.39, 0.29) is 17.5 Å². The van der Waals surface area contributed by atoms with Crippen LogP contribution in [0.4, 0.5) is 20.3 Å². The molecule has 4 rings (SSSR count). The number of nitrogens with two attached hydrogens (primary N) is 1. The Morgan fingerprint density at radius 3 is 2.67 bits per heavy atom. The van der Waals surface area contributed by atoms with Crippen LogP contribution in [0, 0.1) is 23.0 Å². The predicted molar refractivity (Wildman–Crippen MR) is 111 cm³/mol. The molecule has 30 heavy (non-hydrogen) atoms. The summed E-state index contributed by atoms with van der Waals surface area (Å²) in [5.74, 6) is -0.501. The number of fused-ring (bicyclic) bond motifs is 1. The Hall–Kier alpha value is -3.99. The van der Waals surface area contributed by atoms with Gasteiger partial charge in [0.2, 0.25) is 0 Å². The van der Waals surface area contributed by atoms with Gasteiger partial charge in [0.25, 0.3) is 0 Å². The fourth-order valence-corrected chi connectivity index (χ4v) is 3.33. The summed E-state index contributed by atoms with van der Waals surface area (Å²) in [7, 11) is 0. The molecule has 0 aliphatic heterocycles. The number of hydrogen-bond acceptors (Lipinski definition) is 5. The van der Waals surface area contributed by atoms with E-state index in [0.29, 0.717) is 47.2 Å². The molecular weight excluding hydrogens is 386 g/mol. The van der Waals surface area contributed by atoms with E-state index in [4.69, 9.17) is 5.73 Å². The van der Waals surface area contributed by atoms with Gasteiger partial charge in [-0.05, 0) is 49.2 Å². The van der Waals surface area contributed by atoms with E-state index in [1.807, 2.05) is 6.07 Å². The zero-order valence-corrected chi connectivity index (χ0v) is 15.9. The molecule has 3 N–H and O–H groups in total. The molecule has 0 fully saturated rings. The second-order valence-corrected chi connectivity index (χ2v) is 6.73. The van der Waals surface area contributed by atoms with E-state index in [1.54, 1.807) is 30.5 Å². The third-order valence-electron chi connectivity index (χ3n) is 4.80. The Kier molecular flexibility index (Phi) is 5.26. The number of nitriles is 1. The summed E-state index contributed by atoms with van der Waals surface area (Å²) in [4.78, 5) is 4.09. The molecule has 6 nitrogen and oxygen atoms in total. The second kappa shape index (κ2) is 8.17. The number of pyridine rings is 1. The number of aromatic nitrogens is 3. The van der Waals surface area contributed by atoms with Gasteiger partial charge in [-0.1, -0.05) is 12.1 Å². The van der Waals surface area contributed by atoms with Crippen molar-refractivity contribution in [2.75, 3.05) is 17.6 Å². The second-order valence-electron chi connectivity index (χ2n) is 6.73. The van der Waals surface area contributed by atoms with Crippen LogP contribution in [0.2, 0.25) is 0 Å². The quantitative estimate of drug-likeness (QED) is 0.470. The number of nitrogen functional groups attached to an aromatic ring is 1. The molecular formula is C22H18F2N6. The number of anilines is 2. The molecule has 0 aliphatic rings. The van der Waals surface area contributed by atoms with E-state index in [0.717, 1.165) is 5.69 Å². The maximum absolute atomic E-state index is 13.9. The van der Waals surface area contributed by atoms with Gasteiger partial charge in [-0.15, -0.1) is 0 Å². The third-order valence-corrected chi connectivity index (χ3v) is 4.80. The Balaban J connectivity index is 1.47. The minimum atomic E-state index is -0.364. The Bertz CT molecular complexity index is 1240. The molecule has 8 heteroatoms. The van der Waals surface area contributed by atoms with Gasteiger partial charge in [-0.2, -0.15) is 10.4 Å². The molecule has 2 aromatic heterocycles. The van der Waals surface area contributed by atoms with Crippen molar-refractivity contribution < 1.29 is 8.78 Å². The predicted octanol–water partition coefficient (Wildman–Crippen LogP) is 4.20. The van der Waals surface area contributed by atoms with E-state index in [1.165, 1.54) is 22.9 Å². The molecule has 0 bridgehead atoms. The molecule has 0 aliphatic carbocycles. The number of hydrogen-bond donors (Lipinski definition) is 2. The summed E-state index contributed by atoms with van der Waals surface area (Å²) in [5.41, 5.74) is 8.66. The normalized spacial score (nSPS) is 10.8. The van der Waals surface area contributed by atoms with Crippen molar-refractivity contribution in [3.63, 3.8) is 0 Å². The van der Waals surface area contributed by atoms with Crippen molar-refractivity contribution in [1.29, 1.82) is 5.26 Å². The molecule has 2 heterocycles. The summed E-state index contributed by atoms with van der Waals surface area (Å²) in [6.07, 6.45) is 2.76. The molecule has 0 saturated carbocycles. The molecule has 0 saturated heterocycles. The highest BCUT2D eigenvalue weighted by molar-refractivity contribution is 5.91. The van der Waals surface area contributed by atoms with Crippen LogP contribution in [0.3, 0.4) is 0 Å². The van der Waals surface area contributed by atoms with Gasteiger partial charge >= 0.3 is 0 Å². The highest BCUT2D eigenvalue weighted by Gasteiger charge is 2.16. The van der Waals surface area contributed by atoms with Crippen LogP contribution in [0.15, 0.2) is 54.7 Å². The fourth-order valence-electron chi connectivity index (χ4n) is 3.33. The van der Waals surface area contributed by atoms with Gasteiger partial charge in [0.15, 0.2) is 0 Å². The first-order chi connectivity index (χ1) is 14.6. The minimum absolute atomic E-state index is 0.225. The maximum Gasteiger partial charge on any atom is 0.149 e. The molecule has 0 radical (unpaired) electrons. The van der Waals surface area contributed by atoms with Gasteiger partial charge in [-0.25, -0.2) is 13.5 Å². The summed E-state index contributed by atoms with van der Waals surface area (Å²) in [5, 5.41) is 17.9. The first kappa shape index (κ1) is 19.3. The molecule has 0 spiro atoms. The largest absolute Gasteiger partial charge is 0.384 e. The van der Waals surface area contributed by atoms with Gasteiger partial charge in [-0.3, -0.25) is 4.98 Å². The topological polar surface area (TPSA) is 92.5 Å². The number of aryl methyl sites for hydroxylation is 1. The lowest BCUT2D eigenvalue weighted by Gasteiger charge is -2.09. The number of para-hydroxylation sites is 1. The molecule has 0 atom stereocenters. The highest BCUT2D eigenvalue weighted by Crippen LogP contribution is 2.24. The average molecular weight is 404 g/mol. The lowest BCUT2D eigenvalue weighted by molar-refractivity contribution is 0.627.